The maximum atomic E-state index is 12.1. The molecule has 0 aliphatic carbocycles. The zero-order valence-electron chi connectivity index (χ0n) is 11.2. The molecular formula is C12H18N4O2S2. The Labute approximate surface area is 122 Å². The van der Waals surface area contributed by atoms with Crippen LogP contribution in [0.25, 0.3) is 0 Å². The van der Waals surface area contributed by atoms with Gasteiger partial charge in [0, 0.05) is 17.6 Å². The van der Waals surface area contributed by atoms with Gasteiger partial charge < -0.3 is 5.73 Å². The summed E-state index contributed by atoms with van der Waals surface area (Å²) in [5.41, 5.74) is 6.51. The predicted octanol–water partition coefficient (Wildman–Crippen LogP) is 0.733. The molecule has 8 heteroatoms. The van der Waals surface area contributed by atoms with Gasteiger partial charge in [0.15, 0.2) is 0 Å². The Kier molecular flexibility index (Phi) is 4.92. The SMILES string of the molecule is Cc1cnn(CCNS(=O)(=O)c2ccc(CCN)s2)c1. The molecule has 2 heterocycles. The zero-order chi connectivity index (χ0) is 14.6. The van der Waals surface area contributed by atoms with E-state index in [9.17, 15) is 8.42 Å². The van der Waals surface area contributed by atoms with Crippen molar-refractivity contribution < 1.29 is 8.42 Å². The second-order valence-corrected chi connectivity index (χ2v) is 7.60. The second-order valence-electron chi connectivity index (χ2n) is 4.44. The molecule has 20 heavy (non-hydrogen) atoms. The molecule has 2 rings (SSSR count). The molecule has 0 atom stereocenters. The van der Waals surface area contributed by atoms with E-state index in [1.165, 1.54) is 11.3 Å². The van der Waals surface area contributed by atoms with Crippen LogP contribution in [0.5, 0.6) is 0 Å². The fourth-order valence-corrected chi connectivity index (χ4v) is 4.17. The summed E-state index contributed by atoms with van der Waals surface area (Å²) in [7, 11) is -3.43. The summed E-state index contributed by atoms with van der Waals surface area (Å²) < 4.78 is 28.8. The number of hydrogen-bond donors (Lipinski definition) is 2. The molecule has 0 saturated heterocycles. The lowest BCUT2D eigenvalue weighted by atomic mass is 10.3. The van der Waals surface area contributed by atoms with Crippen molar-refractivity contribution in [3.8, 4) is 0 Å². The van der Waals surface area contributed by atoms with Crippen molar-refractivity contribution >= 4 is 21.4 Å². The highest BCUT2D eigenvalue weighted by molar-refractivity contribution is 7.91. The number of nitrogens with zero attached hydrogens (tertiary/aromatic N) is 2. The number of nitrogens with one attached hydrogen (secondary N) is 1. The van der Waals surface area contributed by atoms with Crippen molar-refractivity contribution in [1.29, 1.82) is 0 Å². The van der Waals surface area contributed by atoms with Gasteiger partial charge in [-0.15, -0.1) is 11.3 Å². The summed E-state index contributed by atoms with van der Waals surface area (Å²) in [6.45, 7) is 3.28. The van der Waals surface area contributed by atoms with Crippen LogP contribution in [0.1, 0.15) is 10.4 Å². The molecule has 0 amide bonds. The van der Waals surface area contributed by atoms with E-state index in [4.69, 9.17) is 5.73 Å². The average Bonchev–Trinajstić information content (AvgIpc) is 2.99. The van der Waals surface area contributed by atoms with Crippen LogP contribution in [0.15, 0.2) is 28.7 Å². The fourth-order valence-electron chi connectivity index (χ4n) is 1.73. The minimum Gasteiger partial charge on any atom is -0.330 e. The number of nitrogens with two attached hydrogens (primary N) is 1. The number of sulfonamides is 1. The molecule has 0 saturated carbocycles. The van der Waals surface area contributed by atoms with Crippen molar-refractivity contribution in [3.63, 3.8) is 0 Å². The molecule has 2 aromatic rings. The highest BCUT2D eigenvalue weighted by Gasteiger charge is 2.16. The monoisotopic (exact) mass is 314 g/mol. The third-order valence-electron chi connectivity index (χ3n) is 2.69. The second kappa shape index (κ2) is 6.49. The van der Waals surface area contributed by atoms with Gasteiger partial charge in [-0.25, -0.2) is 13.1 Å². The lowest BCUT2D eigenvalue weighted by Gasteiger charge is -2.04. The fraction of sp³-hybridized carbons (Fsp3) is 0.417. The smallest absolute Gasteiger partial charge is 0.250 e. The van der Waals surface area contributed by atoms with Gasteiger partial charge >= 0.3 is 0 Å². The van der Waals surface area contributed by atoms with Gasteiger partial charge in [0.05, 0.1) is 12.7 Å². The van der Waals surface area contributed by atoms with Crippen molar-refractivity contribution in [1.82, 2.24) is 14.5 Å². The molecule has 0 aromatic carbocycles. The summed E-state index contributed by atoms with van der Waals surface area (Å²) >= 11 is 1.26. The van der Waals surface area contributed by atoms with Crippen molar-refractivity contribution in [3.05, 3.63) is 35.0 Å². The highest BCUT2D eigenvalue weighted by atomic mass is 32.2. The van der Waals surface area contributed by atoms with Gasteiger partial charge in [-0.2, -0.15) is 5.10 Å². The summed E-state index contributed by atoms with van der Waals surface area (Å²) in [6.07, 6.45) is 4.32. The first-order chi connectivity index (χ1) is 9.51. The maximum absolute atomic E-state index is 12.1. The Hall–Kier alpha value is -1.22. The van der Waals surface area contributed by atoms with Crippen LogP contribution in [0.2, 0.25) is 0 Å². The number of thiophene rings is 1. The van der Waals surface area contributed by atoms with E-state index < -0.39 is 10.0 Å². The van der Waals surface area contributed by atoms with Gasteiger partial charge in [0.2, 0.25) is 10.0 Å². The molecule has 0 aliphatic heterocycles. The number of aromatic nitrogens is 2. The molecule has 6 nitrogen and oxygen atoms in total. The van der Waals surface area contributed by atoms with Crippen molar-refractivity contribution in [2.24, 2.45) is 5.73 Å². The first kappa shape index (κ1) is 15.2. The maximum Gasteiger partial charge on any atom is 0.250 e. The molecular weight excluding hydrogens is 296 g/mol. The third-order valence-corrected chi connectivity index (χ3v) is 5.79. The molecule has 0 radical (unpaired) electrons. The Morgan fingerprint density at radius 3 is 2.90 bits per heavy atom. The minimum atomic E-state index is -3.43. The Morgan fingerprint density at radius 1 is 1.45 bits per heavy atom. The number of hydrogen-bond acceptors (Lipinski definition) is 5. The summed E-state index contributed by atoms with van der Waals surface area (Å²) in [5, 5.41) is 4.11. The Bertz CT molecular complexity index is 661. The topological polar surface area (TPSA) is 90.0 Å². The molecule has 2 aromatic heterocycles. The van der Waals surface area contributed by atoms with E-state index in [1.54, 1.807) is 16.9 Å². The molecule has 0 unspecified atom stereocenters. The molecule has 0 bridgehead atoms. The van der Waals surface area contributed by atoms with E-state index in [0.29, 0.717) is 30.3 Å². The molecule has 110 valence electrons. The van der Waals surface area contributed by atoms with Crippen LogP contribution >= 0.6 is 11.3 Å². The van der Waals surface area contributed by atoms with E-state index in [2.05, 4.69) is 9.82 Å². The van der Waals surface area contributed by atoms with Crippen LogP contribution in [-0.4, -0.2) is 31.3 Å². The standard InChI is InChI=1S/C12H18N4O2S2/c1-10-8-14-16(9-10)7-6-15-20(17,18)12-3-2-11(19-12)4-5-13/h2-3,8-9,15H,4-7,13H2,1H3. The van der Waals surface area contributed by atoms with E-state index in [1.807, 2.05) is 19.2 Å². The highest BCUT2D eigenvalue weighted by Crippen LogP contribution is 2.21. The summed E-state index contributed by atoms with van der Waals surface area (Å²) in [5.74, 6) is 0. The van der Waals surface area contributed by atoms with E-state index in [-0.39, 0.29) is 0 Å². The third kappa shape index (κ3) is 3.89. The first-order valence-electron chi connectivity index (χ1n) is 6.29. The number of rotatable bonds is 7. The van der Waals surface area contributed by atoms with Crippen molar-refractivity contribution in [2.45, 2.75) is 24.1 Å². The molecule has 3 N–H and O–H groups in total. The summed E-state index contributed by atoms with van der Waals surface area (Å²) in [6, 6.07) is 3.43. The zero-order valence-corrected chi connectivity index (χ0v) is 12.9. The Morgan fingerprint density at radius 2 is 2.25 bits per heavy atom. The Balaban J connectivity index is 1.92. The van der Waals surface area contributed by atoms with Crippen LogP contribution in [-0.2, 0) is 23.0 Å². The normalized spacial score (nSPS) is 11.9. The largest absolute Gasteiger partial charge is 0.330 e. The van der Waals surface area contributed by atoms with Gasteiger partial charge in [-0.1, -0.05) is 0 Å². The van der Waals surface area contributed by atoms with Gasteiger partial charge in [-0.3, -0.25) is 4.68 Å². The van der Waals surface area contributed by atoms with Crippen LogP contribution in [0, 0.1) is 6.92 Å². The first-order valence-corrected chi connectivity index (χ1v) is 8.59. The van der Waals surface area contributed by atoms with Gasteiger partial charge in [-0.05, 0) is 37.6 Å². The van der Waals surface area contributed by atoms with E-state index in [0.717, 1.165) is 10.4 Å². The quantitative estimate of drug-likeness (QED) is 0.788. The molecule has 0 spiro atoms. The van der Waals surface area contributed by atoms with Crippen LogP contribution < -0.4 is 10.5 Å². The number of aryl methyl sites for hydroxylation is 1. The minimum absolute atomic E-state index is 0.313. The lowest BCUT2D eigenvalue weighted by Crippen LogP contribution is -2.26. The lowest BCUT2D eigenvalue weighted by molar-refractivity contribution is 0.562. The van der Waals surface area contributed by atoms with Crippen molar-refractivity contribution in [2.75, 3.05) is 13.1 Å². The summed E-state index contributed by atoms with van der Waals surface area (Å²) in [4.78, 5) is 0.982. The average molecular weight is 314 g/mol. The molecule has 0 fully saturated rings. The molecule has 0 aliphatic rings. The predicted molar refractivity (Wildman–Crippen MR) is 79.2 cm³/mol. The van der Waals surface area contributed by atoms with Gasteiger partial charge in [0.1, 0.15) is 4.21 Å². The van der Waals surface area contributed by atoms with Gasteiger partial charge in [0.25, 0.3) is 0 Å². The van der Waals surface area contributed by atoms with Crippen LogP contribution in [0.4, 0.5) is 0 Å². The van der Waals surface area contributed by atoms with Crippen LogP contribution in [0.3, 0.4) is 0 Å². The van der Waals surface area contributed by atoms with E-state index >= 15 is 0 Å².